The first-order valence-corrected chi connectivity index (χ1v) is 6.61. The Balaban J connectivity index is 1.94. The van der Waals surface area contributed by atoms with E-state index in [-0.39, 0.29) is 11.9 Å². The van der Waals surface area contributed by atoms with Gasteiger partial charge in [0, 0.05) is 0 Å². The van der Waals surface area contributed by atoms with Crippen molar-refractivity contribution in [3.8, 4) is 12.1 Å². The molecule has 2 aliphatic heterocycles. The van der Waals surface area contributed by atoms with Gasteiger partial charge in [-0.3, -0.25) is 0 Å². The highest BCUT2D eigenvalue weighted by atomic mass is 16.8. The average Bonchev–Trinajstić information content (AvgIpc) is 2.87. The summed E-state index contributed by atoms with van der Waals surface area (Å²) in [4.78, 5) is 4.21. The van der Waals surface area contributed by atoms with Crippen LogP contribution in [0.1, 0.15) is 18.6 Å². The molecule has 0 radical (unpaired) electrons. The quantitative estimate of drug-likeness (QED) is 0.817. The molecule has 1 aromatic rings. The highest BCUT2D eigenvalue weighted by Gasteiger charge is 2.95. The van der Waals surface area contributed by atoms with Crippen molar-refractivity contribution in [2.24, 2.45) is 21.6 Å². The standard InChI is InChI=1S/C14H12N4O3/c1-8-5-20-14(21-8)13(7-16)10(9-3-2-4-19-9)12(13,6-15)11(17)18-14/h2-4,8,10H,5H2,1H3,(H2,17,18)/t8-,10+,12+,13+,14+/m0/s1. The highest BCUT2D eigenvalue weighted by molar-refractivity contribution is 6.00. The van der Waals surface area contributed by atoms with Gasteiger partial charge in [0.15, 0.2) is 10.8 Å². The predicted molar refractivity (Wildman–Crippen MR) is 68.4 cm³/mol. The van der Waals surface area contributed by atoms with Crippen molar-refractivity contribution in [2.75, 3.05) is 6.61 Å². The summed E-state index contributed by atoms with van der Waals surface area (Å²) in [7, 11) is 0. The minimum Gasteiger partial charge on any atom is -0.469 e. The topological polar surface area (TPSA) is 118 Å². The van der Waals surface area contributed by atoms with Gasteiger partial charge in [-0.15, -0.1) is 0 Å². The fourth-order valence-corrected chi connectivity index (χ4v) is 3.74. The van der Waals surface area contributed by atoms with E-state index in [9.17, 15) is 10.5 Å². The summed E-state index contributed by atoms with van der Waals surface area (Å²) in [6.45, 7) is 2.12. The molecule has 5 atom stereocenters. The van der Waals surface area contributed by atoms with Crippen molar-refractivity contribution >= 4 is 5.84 Å². The second kappa shape index (κ2) is 3.45. The van der Waals surface area contributed by atoms with Gasteiger partial charge in [0.25, 0.3) is 5.91 Å². The summed E-state index contributed by atoms with van der Waals surface area (Å²) in [5.41, 5.74) is 3.43. The van der Waals surface area contributed by atoms with E-state index in [1.165, 1.54) is 6.26 Å². The third-order valence-electron chi connectivity index (χ3n) is 4.63. The van der Waals surface area contributed by atoms with Crippen LogP contribution in [0.2, 0.25) is 0 Å². The average molecular weight is 284 g/mol. The van der Waals surface area contributed by atoms with E-state index in [4.69, 9.17) is 19.6 Å². The fourth-order valence-electron chi connectivity index (χ4n) is 3.74. The predicted octanol–water partition coefficient (Wildman–Crippen LogP) is 0.857. The van der Waals surface area contributed by atoms with Gasteiger partial charge < -0.3 is 19.6 Å². The molecule has 106 valence electrons. The van der Waals surface area contributed by atoms with Crippen molar-refractivity contribution in [1.82, 2.24) is 0 Å². The second-order valence-corrected chi connectivity index (χ2v) is 5.61. The van der Waals surface area contributed by atoms with E-state index in [2.05, 4.69) is 17.1 Å². The van der Waals surface area contributed by atoms with E-state index < -0.39 is 22.7 Å². The Hall–Kier alpha value is -2.35. The number of rotatable bonds is 1. The van der Waals surface area contributed by atoms with Gasteiger partial charge in [0.05, 0.1) is 37.0 Å². The molecule has 7 heteroatoms. The van der Waals surface area contributed by atoms with Crippen LogP contribution in [0.3, 0.4) is 0 Å². The van der Waals surface area contributed by atoms with E-state index in [1.807, 2.05) is 6.92 Å². The number of aliphatic imine (C=N–C) groups is 1. The lowest BCUT2D eigenvalue weighted by Gasteiger charge is -2.25. The van der Waals surface area contributed by atoms with Gasteiger partial charge in [0.1, 0.15) is 11.6 Å². The molecule has 3 heterocycles. The smallest absolute Gasteiger partial charge is 0.294 e. The summed E-state index contributed by atoms with van der Waals surface area (Å²) in [6.07, 6.45) is 1.28. The molecule has 1 saturated heterocycles. The van der Waals surface area contributed by atoms with E-state index in [0.29, 0.717) is 12.4 Å². The largest absolute Gasteiger partial charge is 0.469 e. The Morgan fingerprint density at radius 3 is 2.76 bits per heavy atom. The summed E-state index contributed by atoms with van der Waals surface area (Å²) in [6, 6.07) is 7.79. The molecule has 1 aromatic heterocycles. The van der Waals surface area contributed by atoms with Crippen molar-refractivity contribution in [3.63, 3.8) is 0 Å². The third-order valence-corrected chi connectivity index (χ3v) is 4.63. The zero-order valence-electron chi connectivity index (χ0n) is 11.2. The molecule has 0 aromatic carbocycles. The molecule has 21 heavy (non-hydrogen) atoms. The first-order chi connectivity index (χ1) is 10.1. The van der Waals surface area contributed by atoms with Gasteiger partial charge >= 0.3 is 0 Å². The fraction of sp³-hybridized carbons (Fsp3) is 0.500. The number of nitrogens with two attached hydrogens (primary N) is 1. The van der Waals surface area contributed by atoms with E-state index in [0.717, 1.165) is 0 Å². The van der Waals surface area contributed by atoms with Gasteiger partial charge in [-0.25, -0.2) is 4.99 Å². The summed E-state index contributed by atoms with van der Waals surface area (Å²) >= 11 is 0. The molecule has 1 spiro atoms. The molecular formula is C14H12N4O3. The summed E-state index contributed by atoms with van der Waals surface area (Å²) in [5, 5.41) is 19.5. The Bertz CT molecular complexity index is 730. The van der Waals surface area contributed by atoms with Crippen molar-refractivity contribution in [1.29, 1.82) is 10.5 Å². The lowest BCUT2D eigenvalue weighted by atomic mass is 9.94. The van der Waals surface area contributed by atoms with Crippen molar-refractivity contribution < 1.29 is 13.9 Å². The first-order valence-electron chi connectivity index (χ1n) is 6.61. The van der Waals surface area contributed by atoms with Gasteiger partial charge in [0.2, 0.25) is 0 Å². The van der Waals surface area contributed by atoms with E-state index in [1.54, 1.807) is 12.1 Å². The molecule has 1 aliphatic carbocycles. The van der Waals surface area contributed by atoms with Crippen LogP contribution in [0.4, 0.5) is 0 Å². The second-order valence-electron chi connectivity index (χ2n) is 5.61. The normalized spacial score (nSPS) is 46.7. The minimum absolute atomic E-state index is 0.0713. The highest BCUT2D eigenvalue weighted by Crippen LogP contribution is 2.82. The molecule has 1 saturated carbocycles. The van der Waals surface area contributed by atoms with Gasteiger partial charge in [-0.1, -0.05) is 0 Å². The number of furan rings is 1. The van der Waals surface area contributed by atoms with Crippen LogP contribution in [-0.2, 0) is 9.47 Å². The lowest BCUT2D eigenvalue weighted by Crippen LogP contribution is -2.39. The van der Waals surface area contributed by atoms with Crippen LogP contribution in [-0.4, -0.2) is 24.5 Å². The van der Waals surface area contributed by atoms with Gasteiger partial charge in [-0.05, 0) is 19.1 Å². The molecule has 4 rings (SSSR count). The van der Waals surface area contributed by atoms with Gasteiger partial charge in [-0.2, -0.15) is 10.5 Å². The Morgan fingerprint density at radius 2 is 2.24 bits per heavy atom. The maximum absolute atomic E-state index is 9.83. The molecule has 2 N–H and O–H groups in total. The molecule has 2 fully saturated rings. The summed E-state index contributed by atoms with van der Waals surface area (Å²) in [5.74, 6) is -1.47. The first kappa shape index (κ1) is 12.4. The molecule has 3 aliphatic rings. The Morgan fingerprint density at radius 1 is 1.43 bits per heavy atom. The number of hydrogen-bond acceptors (Lipinski definition) is 7. The van der Waals surface area contributed by atoms with Crippen LogP contribution < -0.4 is 5.73 Å². The van der Waals surface area contributed by atoms with Crippen LogP contribution in [0.5, 0.6) is 0 Å². The lowest BCUT2D eigenvalue weighted by molar-refractivity contribution is -0.193. The SMILES string of the molecule is C[C@H]1CO[C@@]2(N=C(N)[C@@]3(C#N)[C@@H](c4ccco4)[C@@]23C#N)O1. The third kappa shape index (κ3) is 1.03. The van der Waals surface area contributed by atoms with Crippen LogP contribution in [0, 0.1) is 33.5 Å². The molecule has 7 nitrogen and oxygen atoms in total. The van der Waals surface area contributed by atoms with E-state index >= 15 is 0 Å². The Kier molecular flexibility index (Phi) is 2.04. The number of ether oxygens (including phenoxy) is 2. The molecule has 0 unspecified atom stereocenters. The molecular weight excluding hydrogens is 272 g/mol. The molecule has 0 bridgehead atoms. The number of amidine groups is 1. The number of hydrogen-bond donors (Lipinski definition) is 1. The molecule has 0 amide bonds. The number of nitrogens with zero attached hydrogens (tertiary/aromatic N) is 3. The zero-order chi connectivity index (χ0) is 14.9. The van der Waals surface area contributed by atoms with Crippen LogP contribution in [0.15, 0.2) is 27.8 Å². The minimum atomic E-state index is -1.52. The Labute approximate surface area is 120 Å². The monoisotopic (exact) mass is 284 g/mol. The maximum atomic E-state index is 9.83. The number of nitriles is 2. The van der Waals surface area contributed by atoms with Crippen LogP contribution >= 0.6 is 0 Å². The van der Waals surface area contributed by atoms with Crippen molar-refractivity contribution in [2.45, 2.75) is 24.9 Å². The van der Waals surface area contributed by atoms with Crippen LogP contribution in [0.25, 0.3) is 0 Å². The maximum Gasteiger partial charge on any atom is 0.294 e. The zero-order valence-corrected chi connectivity index (χ0v) is 11.2. The summed E-state index contributed by atoms with van der Waals surface area (Å²) < 4.78 is 16.9. The van der Waals surface area contributed by atoms with Crippen molar-refractivity contribution in [3.05, 3.63) is 24.2 Å². The number of fused-ring (bicyclic) bond motifs is 2.